The average Bonchev–Trinajstić information content (AvgIpc) is 2.35. The molecule has 0 aliphatic rings. The molecule has 0 bridgehead atoms. The minimum absolute atomic E-state index is 0.00986. The molecule has 108 valence electrons. The predicted molar refractivity (Wildman–Crippen MR) is 76.0 cm³/mol. The van der Waals surface area contributed by atoms with E-state index in [2.05, 4.69) is 16.6 Å². The Morgan fingerprint density at radius 2 is 2.05 bits per heavy atom. The summed E-state index contributed by atoms with van der Waals surface area (Å²) in [6.45, 7) is 2.97. The molecule has 7 heteroatoms. The third-order valence-corrected chi connectivity index (χ3v) is 4.14. The number of carbonyl (C=O) groups excluding carboxylic acids is 1. The second-order valence-corrected chi connectivity index (χ2v) is 6.31. The molecule has 0 spiro atoms. The van der Waals surface area contributed by atoms with Crippen LogP contribution in [0, 0.1) is 11.8 Å². The molecule has 0 atom stereocenters. The lowest BCUT2D eigenvalue weighted by Gasteiger charge is -2.22. The summed E-state index contributed by atoms with van der Waals surface area (Å²) in [5.74, 6) is 4.62. The summed E-state index contributed by atoms with van der Waals surface area (Å²) in [6, 6.07) is 6.04. The summed E-state index contributed by atoms with van der Waals surface area (Å²) >= 11 is 0. The molecule has 0 heterocycles. The van der Waals surface area contributed by atoms with Crippen molar-refractivity contribution in [1.82, 2.24) is 4.72 Å². The van der Waals surface area contributed by atoms with E-state index in [9.17, 15) is 13.2 Å². The van der Waals surface area contributed by atoms with E-state index in [1.165, 1.54) is 26.0 Å². The van der Waals surface area contributed by atoms with Gasteiger partial charge in [0, 0.05) is 5.56 Å². The van der Waals surface area contributed by atoms with Gasteiger partial charge in [0.25, 0.3) is 0 Å². The van der Waals surface area contributed by atoms with Crippen LogP contribution in [-0.2, 0) is 14.8 Å². The molecule has 6 nitrogen and oxygen atoms in total. The van der Waals surface area contributed by atoms with E-state index >= 15 is 0 Å². The zero-order valence-electron chi connectivity index (χ0n) is 11.3. The highest BCUT2D eigenvalue weighted by molar-refractivity contribution is 7.89. The molecular formula is C13H17N3O3S. The average molecular weight is 295 g/mol. The van der Waals surface area contributed by atoms with Crippen LogP contribution in [0.25, 0.3) is 0 Å². The summed E-state index contributed by atoms with van der Waals surface area (Å²) in [5.41, 5.74) is 9.56. The van der Waals surface area contributed by atoms with Gasteiger partial charge in [-0.2, -0.15) is 4.72 Å². The Labute approximate surface area is 118 Å². The van der Waals surface area contributed by atoms with Gasteiger partial charge < -0.3 is 11.5 Å². The van der Waals surface area contributed by atoms with Crippen molar-refractivity contribution in [1.29, 1.82) is 0 Å². The first-order valence-electron chi connectivity index (χ1n) is 5.82. The second kappa shape index (κ2) is 6.05. The van der Waals surface area contributed by atoms with Crippen molar-refractivity contribution in [3.05, 3.63) is 29.8 Å². The normalized spacial score (nSPS) is 11.6. The van der Waals surface area contributed by atoms with Crippen molar-refractivity contribution < 1.29 is 13.2 Å². The molecule has 0 fully saturated rings. The summed E-state index contributed by atoms with van der Waals surface area (Å²) in [7, 11) is -3.86. The lowest BCUT2D eigenvalue weighted by Crippen LogP contribution is -2.52. The van der Waals surface area contributed by atoms with E-state index in [1.54, 1.807) is 12.1 Å². The number of primary amides is 1. The number of hydrogen-bond donors (Lipinski definition) is 3. The summed E-state index contributed by atoms with van der Waals surface area (Å²) in [4.78, 5) is 11.2. The zero-order chi connectivity index (χ0) is 15.4. The molecule has 1 aromatic carbocycles. The Kier molecular flexibility index (Phi) is 4.89. The molecule has 1 amide bonds. The number of benzene rings is 1. The number of rotatable bonds is 4. The maximum absolute atomic E-state index is 12.2. The van der Waals surface area contributed by atoms with E-state index < -0.39 is 21.5 Å². The molecular weight excluding hydrogens is 278 g/mol. The molecule has 5 N–H and O–H groups in total. The molecule has 0 unspecified atom stereocenters. The lowest BCUT2D eigenvalue weighted by atomic mass is 10.1. The van der Waals surface area contributed by atoms with E-state index in [1.807, 2.05) is 0 Å². The van der Waals surface area contributed by atoms with Gasteiger partial charge in [-0.1, -0.05) is 17.9 Å². The first kappa shape index (κ1) is 16.2. The Balaban J connectivity index is 3.14. The van der Waals surface area contributed by atoms with Crippen LogP contribution in [0.2, 0.25) is 0 Å². The number of hydrogen-bond acceptors (Lipinski definition) is 4. The zero-order valence-corrected chi connectivity index (χ0v) is 12.1. The Morgan fingerprint density at radius 3 is 2.60 bits per heavy atom. The molecule has 0 saturated carbocycles. The van der Waals surface area contributed by atoms with Crippen molar-refractivity contribution >= 4 is 15.9 Å². The number of carbonyl (C=O) groups is 1. The number of amides is 1. The van der Waals surface area contributed by atoms with Gasteiger partial charge >= 0.3 is 0 Å². The highest BCUT2D eigenvalue weighted by atomic mass is 32.2. The van der Waals surface area contributed by atoms with Crippen molar-refractivity contribution in [3.63, 3.8) is 0 Å². The van der Waals surface area contributed by atoms with Crippen LogP contribution in [0.4, 0.5) is 0 Å². The molecule has 0 aromatic heterocycles. The van der Waals surface area contributed by atoms with E-state index in [-0.39, 0.29) is 11.4 Å². The van der Waals surface area contributed by atoms with Crippen LogP contribution in [0.5, 0.6) is 0 Å². The highest BCUT2D eigenvalue weighted by Crippen LogP contribution is 2.14. The predicted octanol–water partition coefficient (Wildman–Crippen LogP) is -0.461. The monoisotopic (exact) mass is 295 g/mol. The van der Waals surface area contributed by atoms with Crippen LogP contribution in [0.15, 0.2) is 29.2 Å². The maximum atomic E-state index is 12.2. The Hall–Kier alpha value is -1.88. The van der Waals surface area contributed by atoms with Gasteiger partial charge in [-0.15, -0.1) is 0 Å². The van der Waals surface area contributed by atoms with Crippen LogP contribution < -0.4 is 16.2 Å². The quantitative estimate of drug-likeness (QED) is 0.652. The summed E-state index contributed by atoms with van der Waals surface area (Å²) in [6.07, 6.45) is 0. The van der Waals surface area contributed by atoms with Gasteiger partial charge in [0.15, 0.2) is 0 Å². The van der Waals surface area contributed by atoms with Crippen molar-refractivity contribution in [2.24, 2.45) is 11.5 Å². The van der Waals surface area contributed by atoms with Gasteiger partial charge in [-0.3, -0.25) is 4.79 Å². The molecule has 1 aromatic rings. The molecule has 0 aliphatic carbocycles. The number of sulfonamides is 1. The van der Waals surface area contributed by atoms with E-state index in [4.69, 9.17) is 11.5 Å². The minimum Gasteiger partial charge on any atom is -0.368 e. The van der Waals surface area contributed by atoms with E-state index in [0.717, 1.165) is 0 Å². The molecule has 1 rings (SSSR count). The standard InChI is InChI=1S/C13H17N3O3S/c1-13(2,12(15)17)16-20(18,19)11-7-3-5-10(9-11)6-4-8-14/h3,5,7,9,16H,8,14H2,1-2H3,(H2,15,17). The first-order valence-corrected chi connectivity index (χ1v) is 7.30. The molecule has 20 heavy (non-hydrogen) atoms. The van der Waals surface area contributed by atoms with Gasteiger partial charge in [0.05, 0.1) is 11.4 Å². The second-order valence-electron chi connectivity index (χ2n) is 4.63. The van der Waals surface area contributed by atoms with Gasteiger partial charge in [-0.05, 0) is 32.0 Å². The fraction of sp³-hybridized carbons (Fsp3) is 0.308. The summed E-state index contributed by atoms with van der Waals surface area (Å²) in [5, 5.41) is 0. The van der Waals surface area contributed by atoms with Gasteiger partial charge in [-0.25, -0.2) is 8.42 Å². The van der Waals surface area contributed by atoms with Crippen LogP contribution in [-0.4, -0.2) is 26.4 Å². The first-order chi connectivity index (χ1) is 9.19. The lowest BCUT2D eigenvalue weighted by molar-refractivity contribution is -0.122. The maximum Gasteiger partial charge on any atom is 0.241 e. The van der Waals surface area contributed by atoms with Crippen molar-refractivity contribution in [2.45, 2.75) is 24.3 Å². The van der Waals surface area contributed by atoms with Gasteiger partial charge in [0.2, 0.25) is 15.9 Å². The van der Waals surface area contributed by atoms with Crippen molar-refractivity contribution in [2.75, 3.05) is 6.54 Å². The van der Waals surface area contributed by atoms with Crippen LogP contribution >= 0.6 is 0 Å². The largest absolute Gasteiger partial charge is 0.368 e. The third kappa shape index (κ3) is 4.06. The van der Waals surface area contributed by atoms with E-state index in [0.29, 0.717) is 5.56 Å². The topological polar surface area (TPSA) is 115 Å². The Bertz CT molecular complexity index is 670. The molecule has 0 radical (unpaired) electrons. The third-order valence-electron chi connectivity index (χ3n) is 2.48. The SMILES string of the molecule is CC(C)(NS(=O)(=O)c1cccc(C#CCN)c1)C(N)=O. The van der Waals surface area contributed by atoms with Gasteiger partial charge in [0.1, 0.15) is 5.54 Å². The Morgan fingerprint density at radius 1 is 1.40 bits per heavy atom. The summed E-state index contributed by atoms with van der Waals surface area (Å²) < 4.78 is 26.6. The highest BCUT2D eigenvalue weighted by Gasteiger charge is 2.31. The molecule has 0 saturated heterocycles. The van der Waals surface area contributed by atoms with Crippen molar-refractivity contribution in [3.8, 4) is 11.8 Å². The smallest absolute Gasteiger partial charge is 0.241 e. The fourth-order valence-corrected chi connectivity index (χ4v) is 2.77. The fourth-order valence-electron chi connectivity index (χ4n) is 1.34. The number of nitrogens with two attached hydrogens (primary N) is 2. The number of nitrogens with one attached hydrogen (secondary N) is 1. The van der Waals surface area contributed by atoms with Crippen LogP contribution in [0.3, 0.4) is 0 Å². The molecule has 0 aliphatic heterocycles. The van der Waals surface area contributed by atoms with Crippen LogP contribution in [0.1, 0.15) is 19.4 Å². The minimum atomic E-state index is -3.86.